The van der Waals surface area contributed by atoms with E-state index in [0.29, 0.717) is 15.7 Å². The van der Waals surface area contributed by atoms with Crippen LogP contribution < -0.4 is 10.4 Å². The lowest BCUT2D eigenvalue weighted by atomic mass is 9.97. The summed E-state index contributed by atoms with van der Waals surface area (Å²) < 4.78 is 6.58. The average molecular weight is 433 g/mol. The van der Waals surface area contributed by atoms with Crippen molar-refractivity contribution in [3.8, 4) is 11.4 Å². The fourth-order valence-electron chi connectivity index (χ4n) is 3.74. The van der Waals surface area contributed by atoms with Crippen molar-refractivity contribution in [3.63, 3.8) is 0 Å². The largest absolute Gasteiger partial charge is 0.497 e. The van der Waals surface area contributed by atoms with E-state index < -0.39 is 0 Å². The first-order valence-corrected chi connectivity index (χ1v) is 10.3. The van der Waals surface area contributed by atoms with Crippen LogP contribution in [0.5, 0.6) is 5.75 Å². The Bertz CT molecular complexity index is 1050. The van der Waals surface area contributed by atoms with E-state index in [4.69, 9.17) is 27.9 Å². The summed E-state index contributed by atoms with van der Waals surface area (Å²) in [5.41, 5.74) is 1.60. The number of rotatable bonds is 5. The number of halogens is 2. The van der Waals surface area contributed by atoms with Gasteiger partial charge in [0.15, 0.2) is 0 Å². The molecule has 152 valence electrons. The minimum Gasteiger partial charge on any atom is -0.497 e. The van der Waals surface area contributed by atoms with Crippen molar-refractivity contribution in [2.24, 2.45) is 0 Å². The smallest absolute Gasteiger partial charge is 0.348 e. The number of benzene rings is 2. The van der Waals surface area contributed by atoms with Gasteiger partial charge in [0.2, 0.25) is 0 Å². The molecule has 29 heavy (non-hydrogen) atoms. The number of nitrogens with one attached hydrogen (secondary N) is 1. The van der Waals surface area contributed by atoms with Gasteiger partial charge in [0.1, 0.15) is 11.6 Å². The van der Waals surface area contributed by atoms with Crippen LogP contribution in [-0.4, -0.2) is 39.9 Å². The Labute approximate surface area is 179 Å². The molecule has 1 fully saturated rings. The van der Waals surface area contributed by atoms with E-state index >= 15 is 0 Å². The number of hydrogen-bond donors (Lipinski definition) is 1. The van der Waals surface area contributed by atoms with Crippen LogP contribution in [0.3, 0.4) is 0 Å². The highest BCUT2D eigenvalue weighted by Crippen LogP contribution is 2.27. The Balaban J connectivity index is 1.49. The van der Waals surface area contributed by atoms with E-state index in [1.807, 2.05) is 42.5 Å². The molecule has 0 spiro atoms. The molecule has 4 rings (SSSR count). The van der Waals surface area contributed by atoms with Crippen LogP contribution >= 0.6 is 23.2 Å². The number of likely N-dealkylation sites (tertiary alicyclic amines) is 1. The molecule has 0 aliphatic carbocycles. The van der Waals surface area contributed by atoms with E-state index in [2.05, 4.69) is 15.0 Å². The van der Waals surface area contributed by atoms with Crippen molar-refractivity contribution in [3.05, 3.63) is 74.4 Å². The van der Waals surface area contributed by atoms with Crippen LogP contribution in [0.2, 0.25) is 10.0 Å². The van der Waals surface area contributed by atoms with Crippen molar-refractivity contribution in [1.29, 1.82) is 0 Å². The zero-order valence-corrected chi connectivity index (χ0v) is 17.6. The van der Waals surface area contributed by atoms with Gasteiger partial charge in [-0.2, -0.15) is 4.68 Å². The van der Waals surface area contributed by atoms with Crippen LogP contribution in [0, 0.1) is 0 Å². The first kappa shape index (κ1) is 20.0. The molecule has 1 aliphatic heterocycles. The van der Waals surface area contributed by atoms with Crippen LogP contribution in [0.15, 0.2) is 47.3 Å². The zero-order chi connectivity index (χ0) is 20.4. The third kappa shape index (κ3) is 4.50. The molecule has 2 aromatic carbocycles. The Morgan fingerprint density at radius 1 is 1.17 bits per heavy atom. The lowest BCUT2D eigenvalue weighted by Gasteiger charge is -2.31. The molecule has 0 unspecified atom stereocenters. The summed E-state index contributed by atoms with van der Waals surface area (Å²) in [6.45, 7) is 2.62. The SMILES string of the molecule is COc1ccc(-n2nc([C@H]3CCCN(Cc4ccc(Cl)c(Cl)c4)C3)[nH]c2=O)cc1. The lowest BCUT2D eigenvalue weighted by molar-refractivity contribution is 0.196. The van der Waals surface area contributed by atoms with Gasteiger partial charge in [-0.05, 0) is 61.3 Å². The maximum Gasteiger partial charge on any atom is 0.348 e. The number of piperidine rings is 1. The summed E-state index contributed by atoms with van der Waals surface area (Å²) in [5.74, 6) is 1.64. The van der Waals surface area contributed by atoms with E-state index in [1.54, 1.807) is 7.11 Å². The summed E-state index contributed by atoms with van der Waals surface area (Å²) in [4.78, 5) is 17.8. The summed E-state index contributed by atoms with van der Waals surface area (Å²) in [5, 5.41) is 5.70. The van der Waals surface area contributed by atoms with Gasteiger partial charge in [0.25, 0.3) is 0 Å². The van der Waals surface area contributed by atoms with E-state index in [0.717, 1.165) is 49.6 Å². The number of aromatic amines is 1. The molecule has 1 aromatic heterocycles. The van der Waals surface area contributed by atoms with E-state index in [-0.39, 0.29) is 11.6 Å². The molecule has 1 atom stereocenters. The minimum atomic E-state index is -0.230. The molecular weight excluding hydrogens is 411 g/mol. The first-order chi connectivity index (χ1) is 14.0. The Hall–Kier alpha value is -2.28. The molecule has 2 heterocycles. The monoisotopic (exact) mass is 432 g/mol. The average Bonchev–Trinajstić information content (AvgIpc) is 3.13. The molecule has 1 aliphatic rings. The summed E-state index contributed by atoms with van der Waals surface area (Å²) in [6, 6.07) is 13.0. The van der Waals surface area contributed by atoms with Crippen molar-refractivity contribution in [2.75, 3.05) is 20.2 Å². The fraction of sp³-hybridized carbons (Fsp3) is 0.333. The third-order valence-electron chi connectivity index (χ3n) is 5.23. The topological polar surface area (TPSA) is 63.1 Å². The number of methoxy groups -OCH3 is 1. The molecule has 1 saturated heterocycles. The fourth-order valence-corrected chi connectivity index (χ4v) is 4.06. The third-order valence-corrected chi connectivity index (χ3v) is 5.97. The standard InChI is InChI=1S/C21H22Cl2N4O2/c1-29-17-7-5-16(6-8-17)27-21(28)24-20(25-27)15-3-2-10-26(13-15)12-14-4-9-18(22)19(23)11-14/h4-9,11,15H,2-3,10,12-13H2,1H3,(H,24,25,28)/t15-/m0/s1. The molecule has 6 nitrogen and oxygen atoms in total. The summed E-state index contributed by atoms with van der Waals surface area (Å²) >= 11 is 12.2. The number of ether oxygens (including phenoxy) is 1. The van der Waals surface area contributed by atoms with Crippen molar-refractivity contribution in [2.45, 2.75) is 25.3 Å². The highest BCUT2D eigenvalue weighted by molar-refractivity contribution is 6.42. The predicted molar refractivity (Wildman–Crippen MR) is 114 cm³/mol. The van der Waals surface area contributed by atoms with Gasteiger partial charge in [0.05, 0.1) is 22.8 Å². The Morgan fingerprint density at radius 3 is 2.69 bits per heavy atom. The van der Waals surface area contributed by atoms with Crippen molar-refractivity contribution >= 4 is 23.2 Å². The normalized spacial score (nSPS) is 17.4. The molecular formula is C21H22Cl2N4O2. The molecule has 3 aromatic rings. The van der Waals surface area contributed by atoms with Gasteiger partial charge in [-0.25, -0.2) is 4.79 Å². The Kier molecular flexibility index (Phi) is 5.94. The number of nitrogens with zero attached hydrogens (tertiary/aromatic N) is 3. The summed E-state index contributed by atoms with van der Waals surface area (Å²) in [6.07, 6.45) is 2.04. The van der Waals surface area contributed by atoms with E-state index in [1.165, 1.54) is 4.68 Å². The Morgan fingerprint density at radius 2 is 1.97 bits per heavy atom. The molecule has 1 N–H and O–H groups in total. The van der Waals surface area contributed by atoms with Crippen LogP contribution in [0.1, 0.15) is 30.1 Å². The number of hydrogen-bond acceptors (Lipinski definition) is 4. The van der Waals surface area contributed by atoms with Crippen LogP contribution in [-0.2, 0) is 6.54 Å². The molecule has 0 bridgehead atoms. The highest BCUT2D eigenvalue weighted by Gasteiger charge is 2.25. The zero-order valence-electron chi connectivity index (χ0n) is 16.1. The molecule has 8 heteroatoms. The quantitative estimate of drug-likeness (QED) is 0.654. The van der Waals surface area contributed by atoms with Crippen LogP contribution in [0.4, 0.5) is 0 Å². The summed E-state index contributed by atoms with van der Waals surface area (Å²) in [7, 11) is 1.61. The van der Waals surface area contributed by atoms with Gasteiger partial charge in [-0.1, -0.05) is 29.3 Å². The lowest BCUT2D eigenvalue weighted by Crippen LogP contribution is -2.34. The molecule has 0 radical (unpaired) electrons. The molecule has 0 amide bonds. The van der Waals surface area contributed by atoms with Gasteiger partial charge in [0, 0.05) is 19.0 Å². The second-order valence-electron chi connectivity index (χ2n) is 7.25. The second kappa shape index (κ2) is 8.61. The first-order valence-electron chi connectivity index (χ1n) is 9.53. The van der Waals surface area contributed by atoms with Gasteiger partial charge in [-0.15, -0.1) is 5.10 Å². The van der Waals surface area contributed by atoms with Crippen LogP contribution in [0.25, 0.3) is 5.69 Å². The van der Waals surface area contributed by atoms with Crippen molar-refractivity contribution in [1.82, 2.24) is 19.7 Å². The van der Waals surface area contributed by atoms with Crippen molar-refractivity contribution < 1.29 is 4.74 Å². The second-order valence-corrected chi connectivity index (χ2v) is 8.06. The minimum absolute atomic E-state index is 0.179. The van der Waals surface area contributed by atoms with Gasteiger partial charge < -0.3 is 4.74 Å². The number of H-pyrrole nitrogens is 1. The van der Waals surface area contributed by atoms with E-state index in [9.17, 15) is 4.79 Å². The highest BCUT2D eigenvalue weighted by atomic mass is 35.5. The molecule has 0 saturated carbocycles. The van der Waals surface area contributed by atoms with Gasteiger partial charge in [-0.3, -0.25) is 9.88 Å². The maximum atomic E-state index is 12.5. The number of aromatic nitrogens is 3. The predicted octanol–water partition coefficient (Wildman–Crippen LogP) is 4.26. The van der Waals surface area contributed by atoms with Gasteiger partial charge >= 0.3 is 5.69 Å². The maximum absolute atomic E-state index is 12.5.